The van der Waals surface area contributed by atoms with E-state index in [0.29, 0.717) is 5.56 Å². The number of H-pyrrole nitrogens is 1. The summed E-state index contributed by atoms with van der Waals surface area (Å²) in [6.07, 6.45) is -2.86. The van der Waals surface area contributed by atoms with Crippen LogP contribution in [0, 0.1) is 0 Å². The van der Waals surface area contributed by atoms with Crippen molar-refractivity contribution in [3.63, 3.8) is 0 Å². The minimum atomic E-state index is -4.26. The Morgan fingerprint density at radius 3 is 2.17 bits per heavy atom. The molecule has 0 aliphatic rings. The molecule has 0 bridgehead atoms. The highest BCUT2D eigenvalue weighted by Crippen LogP contribution is 2.30. The first-order chi connectivity index (χ1) is 5.41. The fourth-order valence-corrected chi connectivity index (χ4v) is 0.908. The highest BCUT2D eigenvalue weighted by atomic mass is 19.4. The molecule has 0 amide bonds. The smallest absolute Gasteiger partial charge is 0.357 e. The first-order valence-corrected chi connectivity index (χ1v) is 3.67. The zero-order valence-corrected chi connectivity index (χ0v) is 6.87. The van der Waals surface area contributed by atoms with Crippen molar-refractivity contribution in [2.75, 3.05) is 0 Å². The third-order valence-corrected chi connectivity index (χ3v) is 1.68. The van der Waals surface area contributed by atoms with Crippen LogP contribution in [0.25, 0.3) is 0 Å². The van der Waals surface area contributed by atoms with Crippen LogP contribution in [-0.2, 0) is 6.18 Å². The predicted molar refractivity (Wildman–Crippen MR) is 39.9 cm³/mol. The summed E-state index contributed by atoms with van der Waals surface area (Å²) in [7, 11) is 0. The maximum absolute atomic E-state index is 12.0. The van der Waals surface area contributed by atoms with Crippen molar-refractivity contribution in [1.29, 1.82) is 0 Å². The molecule has 0 fully saturated rings. The van der Waals surface area contributed by atoms with Gasteiger partial charge in [-0.15, -0.1) is 0 Å². The van der Waals surface area contributed by atoms with Crippen molar-refractivity contribution in [3.05, 3.63) is 23.5 Å². The average molecular weight is 177 g/mol. The second kappa shape index (κ2) is 2.84. The molecular formula is C8H10F3N. The lowest BCUT2D eigenvalue weighted by Gasteiger charge is -2.01. The second-order valence-corrected chi connectivity index (χ2v) is 3.00. The lowest BCUT2D eigenvalue weighted by molar-refractivity contribution is -0.140. The van der Waals surface area contributed by atoms with E-state index >= 15 is 0 Å². The first-order valence-electron chi connectivity index (χ1n) is 3.67. The molecule has 0 atom stereocenters. The Labute approximate surface area is 68.6 Å². The normalized spacial score (nSPS) is 12.5. The molecule has 1 rings (SSSR count). The van der Waals surface area contributed by atoms with Gasteiger partial charge in [-0.25, -0.2) is 0 Å². The van der Waals surface area contributed by atoms with E-state index in [1.54, 1.807) is 0 Å². The predicted octanol–water partition coefficient (Wildman–Crippen LogP) is 3.16. The largest absolute Gasteiger partial charge is 0.431 e. The summed E-state index contributed by atoms with van der Waals surface area (Å²) in [5.41, 5.74) is 0.00789. The number of hydrogen-bond donors (Lipinski definition) is 1. The Bertz CT molecular complexity index is 260. The van der Waals surface area contributed by atoms with Gasteiger partial charge in [0.2, 0.25) is 0 Å². The quantitative estimate of drug-likeness (QED) is 0.678. The van der Waals surface area contributed by atoms with E-state index in [4.69, 9.17) is 0 Å². The van der Waals surface area contributed by atoms with Gasteiger partial charge >= 0.3 is 6.18 Å². The molecule has 0 unspecified atom stereocenters. The van der Waals surface area contributed by atoms with Gasteiger partial charge in [0.1, 0.15) is 5.69 Å². The molecule has 1 N–H and O–H groups in total. The van der Waals surface area contributed by atoms with Crippen LogP contribution in [0.4, 0.5) is 13.2 Å². The molecule has 68 valence electrons. The van der Waals surface area contributed by atoms with Gasteiger partial charge in [-0.3, -0.25) is 0 Å². The van der Waals surface area contributed by atoms with E-state index in [0.717, 1.165) is 6.07 Å². The summed E-state index contributed by atoms with van der Waals surface area (Å²) in [5, 5.41) is 0. The minimum Gasteiger partial charge on any atom is -0.357 e. The number of alkyl halides is 3. The van der Waals surface area contributed by atoms with Gasteiger partial charge in [-0.1, -0.05) is 13.8 Å². The second-order valence-electron chi connectivity index (χ2n) is 3.00. The summed E-state index contributed by atoms with van der Waals surface area (Å²) in [4.78, 5) is 2.20. The molecule has 12 heavy (non-hydrogen) atoms. The zero-order valence-electron chi connectivity index (χ0n) is 6.87. The molecule has 1 aromatic heterocycles. The van der Waals surface area contributed by atoms with Crippen LogP contribution in [0.2, 0.25) is 0 Å². The highest BCUT2D eigenvalue weighted by Gasteiger charge is 2.32. The lowest BCUT2D eigenvalue weighted by Crippen LogP contribution is -2.04. The van der Waals surface area contributed by atoms with E-state index in [1.165, 1.54) is 6.20 Å². The summed E-state index contributed by atoms with van der Waals surface area (Å²) < 4.78 is 36.1. The molecule has 0 aliphatic heterocycles. The lowest BCUT2D eigenvalue weighted by atomic mass is 10.1. The van der Waals surface area contributed by atoms with Crippen LogP contribution < -0.4 is 0 Å². The molecule has 1 aromatic rings. The van der Waals surface area contributed by atoms with Crippen LogP contribution in [0.15, 0.2) is 12.3 Å². The van der Waals surface area contributed by atoms with Gasteiger partial charge in [-0.05, 0) is 17.5 Å². The van der Waals surface area contributed by atoms with Crippen LogP contribution in [0.1, 0.15) is 31.0 Å². The van der Waals surface area contributed by atoms with Crippen molar-refractivity contribution >= 4 is 0 Å². The van der Waals surface area contributed by atoms with E-state index < -0.39 is 11.9 Å². The summed E-state index contributed by atoms with van der Waals surface area (Å²) in [5.74, 6) is 0.123. The van der Waals surface area contributed by atoms with Gasteiger partial charge in [0.25, 0.3) is 0 Å². The van der Waals surface area contributed by atoms with Crippen molar-refractivity contribution in [3.8, 4) is 0 Å². The van der Waals surface area contributed by atoms with Crippen LogP contribution in [-0.4, -0.2) is 4.98 Å². The number of hydrogen-bond acceptors (Lipinski definition) is 0. The monoisotopic (exact) mass is 177 g/mol. The molecule has 0 spiro atoms. The van der Waals surface area contributed by atoms with Gasteiger partial charge in [-0.2, -0.15) is 13.2 Å². The Morgan fingerprint density at radius 1 is 1.33 bits per heavy atom. The topological polar surface area (TPSA) is 15.8 Å². The Kier molecular flexibility index (Phi) is 2.17. The van der Waals surface area contributed by atoms with E-state index in [9.17, 15) is 13.2 Å². The number of aromatic nitrogens is 1. The fraction of sp³-hybridized carbons (Fsp3) is 0.500. The molecule has 0 saturated heterocycles. The maximum Gasteiger partial charge on any atom is 0.431 e. The highest BCUT2D eigenvalue weighted by molar-refractivity contribution is 5.21. The summed E-state index contributed by atoms with van der Waals surface area (Å²) >= 11 is 0. The third kappa shape index (κ3) is 1.81. The number of aromatic amines is 1. The molecule has 1 heterocycles. The van der Waals surface area contributed by atoms with Crippen molar-refractivity contribution in [1.82, 2.24) is 4.98 Å². The van der Waals surface area contributed by atoms with Crippen LogP contribution >= 0.6 is 0 Å². The first kappa shape index (κ1) is 9.16. The van der Waals surface area contributed by atoms with Crippen LogP contribution in [0.5, 0.6) is 0 Å². The number of rotatable bonds is 1. The van der Waals surface area contributed by atoms with E-state index in [2.05, 4.69) is 4.98 Å². The Hall–Kier alpha value is -0.930. The average Bonchev–Trinajstić information content (AvgIpc) is 2.30. The molecule has 0 radical (unpaired) electrons. The molecule has 0 aromatic carbocycles. The van der Waals surface area contributed by atoms with Gasteiger partial charge in [0.05, 0.1) is 0 Å². The standard InChI is InChI=1S/C8H10F3N/c1-5(2)6-3-7(12-4-6)8(9,10)11/h3-5,12H,1-2H3. The summed E-state index contributed by atoms with van der Waals surface area (Å²) in [6.45, 7) is 3.70. The van der Waals surface area contributed by atoms with Crippen molar-refractivity contribution in [2.45, 2.75) is 25.9 Å². The molecule has 4 heteroatoms. The van der Waals surface area contributed by atoms with E-state index in [1.807, 2.05) is 13.8 Å². The van der Waals surface area contributed by atoms with Crippen LogP contribution in [0.3, 0.4) is 0 Å². The Balaban J connectivity index is 2.92. The molecule has 0 saturated carbocycles. The van der Waals surface area contributed by atoms with Gasteiger partial charge in [0.15, 0.2) is 0 Å². The minimum absolute atomic E-state index is 0.123. The van der Waals surface area contributed by atoms with Gasteiger partial charge in [0, 0.05) is 6.20 Å². The summed E-state index contributed by atoms with van der Waals surface area (Å²) in [6, 6.07) is 1.14. The SMILES string of the molecule is CC(C)c1c[nH]c(C(F)(F)F)c1. The van der Waals surface area contributed by atoms with Crippen molar-refractivity contribution < 1.29 is 13.2 Å². The third-order valence-electron chi connectivity index (χ3n) is 1.68. The number of halogens is 3. The maximum atomic E-state index is 12.0. The fourth-order valence-electron chi connectivity index (χ4n) is 0.908. The van der Waals surface area contributed by atoms with E-state index in [-0.39, 0.29) is 5.92 Å². The molecule has 0 aliphatic carbocycles. The Morgan fingerprint density at radius 2 is 1.92 bits per heavy atom. The number of nitrogens with one attached hydrogen (secondary N) is 1. The zero-order chi connectivity index (χ0) is 9.35. The van der Waals surface area contributed by atoms with Crippen molar-refractivity contribution in [2.24, 2.45) is 0 Å². The molecule has 1 nitrogen and oxygen atoms in total. The van der Waals surface area contributed by atoms with Gasteiger partial charge < -0.3 is 4.98 Å². The molecular weight excluding hydrogens is 167 g/mol.